The van der Waals surface area contributed by atoms with Gasteiger partial charge in [-0.15, -0.1) is 0 Å². The average molecular weight is 417 g/mol. The zero-order valence-electron chi connectivity index (χ0n) is 15.6. The summed E-state index contributed by atoms with van der Waals surface area (Å²) in [5.41, 5.74) is 0.909. The molecular formula is C19H18ClFN6O2. The van der Waals surface area contributed by atoms with Gasteiger partial charge in [-0.1, -0.05) is 11.6 Å². The first-order valence-corrected chi connectivity index (χ1v) is 9.13. The number of halogens is 2. The van der Waals surface area contributed by atoms with Crippen LogP contribution in [0.25, 0.3) is 11.3 Å². The van der Waals surface area contributed by atoms with Crippen LogP contribution in [0.3, 0.4) is 0 Å². The molecule has 0 saturated carbocycles. The number of amides is 1. The van der Waals surface area contributed by atoms with Gasteiger partial charge in [-0.05, 0) is 32.0 Å². The monoisotopic (exact) mass is 416 g/mol. The van der Waals surface area contributed by atoms with Crippen LogP contribution in [0.4, 0.5) is 4.39 Å². The van der Waals surface area contributed by atoms with Crippen LogP contribution in [0.2, 0.25) is 5.02 Å². The molecule has 29 heavy (non-hydrogen) atoms. The van der Waals surface area contributed by atoms with Crippen molar-refractivity contribution in [2.75, 3.05) is 0 Å². The van der Waals surface area contributed by atoms with Gasteiger partial charge in [0.2, 0.25) is 0 Å². The molecule has 3 aromatic rings. The van der Waals surface area contributed by atoms with Crippen LogP contribution in [0.15, 0.2) is 30.6 Å². The van der Waals surface area contributed by atoms with E-state index in [9.17, 15) is 14.3 Å². The van der Waals surface area contributed by atoms with E-state index in [1.807, 2.05) is 0 Å². The molecule has 10 heteroatoms. The number of nitrogens with zero attached hydrogens (tertiary/aromatic N) is 4. The zero-order chi connectivity index (χ0) is 21.1. The molecule has 150 valence electrons. The first-order valence-electron chi connectivity index (χ1n) is 8.75. The van der Waals surface area contributed by atoms with Gasteiger partial charge in [-0.25, -0.2) is 9.37 Å². The fourth-order valence-corrected chi connectivity index (χ4v) is 2.99. The highest BCUT2D eigenvalue weighted by Gasteiger charge is 2.16. The molecule has 0 fully saturated rings. The summed E-state index contributed by atoms with van der Waals surface area (Å²) in [4.78, 5) is 19.0. The molecule has 1 aromatic carbocycles. The molecule has 0 saturated heterocycles. The van der Waals surface area contributed by atoms with Crippen LogP contribution >= 0.6 is 11.6 Å². The molecule has 0 bridgehead atoms. The smallest absolute Gasteiger partial charge is 0.271 e. The standard InChI is InChI=1S/C19H18ClFN6O2/c1-10(24-19(29)17-8-23-18(25-17)11(2)28)9-27-4-3-16(26-27)12-5-14(20)13(7-22)15(21)6-12/h3-6,8,10-11,28H,9H2,1-2H3,(H,23,25)(H,24,29)/t10-,11?/m0/s1. The number of aliphatic hydroxyl groups is 1. The van der Waals surface area contributed by atoms with E-state index in [2.05, 4.69) is 20.4 Å². The van der Waals surface area contributed by atoms with Crippen LogP contribution in [-0.4, -0.2) is 36.8 Å². The fraction of sp³-hybridized carbons (Fsp3) is 0.263. The first-order chi connectivity index (χ1) is 13.8. The summed E-state index contributed by atoms with van der Waals surface area (Å²) in [5.74, 6) is -0.775. The topological polar surface area (TPSA) is 120 Å². The molecular weight excluding hydrogens is 399 g/mol. The first kappa shape index (κ1) is 20.5. The van der Waals surface area contributed by atoms with Gasteiger partial charge in [0.1, 0.15) is 35.1 Å². The molecule has 3 rings (SSSR count). The molecule has 1 amide bonds. The summed E-state index contributed by atoms with van der Waals surface area (Å²) in [6.07, 6.45) is 2.33. The Balaban J connectivity index is 1.66. The van der Waals surface area contributed by atoms with E-state index in [0.29, 0.717) is 23.6 Å². The Morgan fingerprint density at radius 2 is 2.24 bits per heavy atom. The minimum absolute atomic E-state index is 0.0215. The van der Waals surface area contributed by atoms with Crippen molar-refractivity contribution in [1.82, 2.24) is 25.1 Å². The number of aromatic nitrogens is 4. The number of hydrogen-bond acceptors (Lipinski definition) is 5. The van der Waals surface area contributed by atoms with E-state index < -0.39 is 11.9 Å². The van der Waals surface area contributed by atoms with Crippen molar-refractivity contribution in [3.8, 4) is 17.3 Å². The van der Waals surface area contributed by atoms with E-state index in [-0.39, 0.29) is 28.2 Å². The Morgan fingerprint density at radius 3 is 2.86 bits per heavy atom. The Kier molecular flexibility index (Phi) is 5.96. The van der Waals surface area contributed by atoms with Crippen LogP contribution in [0.1, 0.15) is 41.8 Å². The predicted octanol–water partition coefficient (Wildman–Crippen LogP) is 2.81. The van der Waals surface area contributed by atoms with Crippen molar-refractivity contribution in [3.05, 3.63) is 58.5 Å². The van der Waals surface area contributed by atoms with Crippen molar-refractivity contribution in [1.29, 1.82) is 5.26 Å². The Bertz CT molecular complexity index is 1060. The quantitative estimate of drug-likeness (QED) is 0.570. The van der Waals surface area contributed by atoms with Gasteiger partial charge < -0.3 is 15.4 Å². The van der Waals surface area contributed by atoms with E-state index in [1.165, 1.54) is 18.3 Å². The third-order valence-electron chi connectivity index (χ3n) is 4.15. The lowest BCUT2D eigenvalue weighted by atomic mass is 10.1. The number of rotatable bonds is 6. The number of imidazole rings is 1. The van der Waals surface area contributed by atoms with Gasteiger partial charge in [-0.3, -0.25) is 9.48 Å². The number of nitriles is 1. The highest BCUT2D eigenvalue weighted by Crippen LogP contribution is 2.26. The molecule has 2 aromatic heterocycles. The minimum atomic E-state index is -0.794. The summed E-state index contributed by atoms with van der Waals surface area (Å²) in [6.45, 7) is 3.72. The maximum absolute atomic E-state index is 14.0. The number of aliphatic hydroxyl groups excluding tert-OH is 1. The maximum atomic E-state index is 14.0. The molecule has 0 spiro atoms. The van der Waals surface area contributed by atoms with Crippen LogP contribution < -0.4 is 5.32 Å². The minimum Gasteiger partial charge on any atom is -0.385 e. The third kappa shape index (κ3) is 4.62. The van der Waals surface area contributed by atoms with Gasteiger partial charge in [0, 0.05) is 24.0 Å². The van der Waals surface area contributed by atoms with Gasteiger partial charge in [0.15, 0.2) is 0 Å². The molecule has 2 heterocycles. The van der Waals surface area contributed by atoms with Crippen molar-refractivity contribution in [2.24, 2.45) is 0 Å². The molecule has 0 aliphatic rings. The third-order valence-corrected chi connectivity index (χ3v) is 4.45. The molecule has 2 atom stereocenters. The van der Waals surface area contributed by atoms with E-state index in [4.69, 9.17) is 16.9 Å². The predicted molar refractivity (Wildman–Crippen MR) is 103 cm³/mol. The summed E-state index contributed by atoms with van der Waals surface area (Å²) >= 11 is 5.94. The van der Waals surface area contributed by atoms with E-state index in [1.54, 1.807) is 36.9 Å². The lowest BCUT2D eigenvalue weighted by molar-refractivity contribution is 0.0931. The Hall–Kier alpha value is -3.22. The van der Waals surface area contributed by atoms with Crippen molar-refractivity contribution >= 4 is 17.5 Å². The van der Waals surface area contributed by atoms with Crippen LogP contribution in [0.5, 0.6) is 0 Å². The maximum Gasteiger partial charge on any atom is 0.271 e. The Morgan fingerprint density at radius 1 is 1.48 bits per heavy atom. The highest BCUT2D eigenvalue weighted by atomic mass is 35.5. The van der Waals surface area contributed by atoms with E-state index in [0.717, 1.165) is 0 Å². The second kappa shape index (κ2) is 8.43. The number of carbonyl (C=O) groups excluding carboxylic acids is 1. The number of carbonyl (C=O) groups is 1. The number of aromatic amines is 1. The number of nitrogens with one attached hydrogen (secondary N) is 2. The highest BCUT2D eigenvalue weighted by molar-refractivity contribution is 6.32. The number of H-pyrrole nitrogens is 1. The average Bonchev–Trinajstić information content (AvgIpc) is 3.31. The number of benzene rings is 1. The zero-order valence-corrected chi connectivity index (χ0v) is 16.4. The van der Waals surface area contributed by atoms with Crippen LogP contribution in [-0.2, 0) is 6.54 Å². The van der Waals surface area contributed by atoms with Crippen molar-refractivity contribution in [3.63, 3.8) is 0 Å². The summed E-state index contributed by atoms with van der Waals surface area (Å²) in [6, 6.07) is 5.83. The van der Waals surface area contributed by atoms with Crippen molar-refractivity contribution in [2.45, 2.75) is 32.5 Å². The normalized spacial score (nSPS) is 13.0. The summed E-state index contributed by atoms with van der Waals surface area (Å²) < 4.78 is 15.6. The number of hydrogen-bond donors (Lipinski definition) is 3. The van der Waals surface area contributed by atoms with Gasteiger partial charge in [0.05, 0.1) is 17.3 Å². The molecule has 1 unspecified atom stereocenters. The van der Waals surface area contributed by atoms with Crippen LogP contribution in [0, 0.1) is 17.1 Å². The van der Waals surface area contributed by atoms with Gasteiger partial charge >= 0.3 is 0 Å². The Labute approximate surface area is 171 Å². The van der Waals surface area contributed by atoms with E-state index >= 15 is 0 Å². The molecule has 0 aliphatic heterocycles. The second-order valence-electron chi connectivity index (χ2n) is 6.57. The SMILES string of the molecule is CC(O)c1nc(C(=O)N[C@@H](C)Cn2ccc(-c3cc(F)c(C#N)c(Cl)c3)n2)c[nH]1. The molecule has 0 aliphatic carbocycles. The van der Waals surface area contributed by atoms with Crippen molar-refractivity contribution < 1.29 is 14.3 Å². The van der Waals surface area contributed by atoms with Gasteiger partial charge in [0.25, 0.3) is 5.91 Å². The van der Waals surface area contributed by atoms with Gasteiger partial charge in [-0.2, -0.15) is 10.4 Å². The lowest BCUT2D eigenvalue weighted by Gasteiger charge is -2.13. The molecule has 8 nitrogen and oxygen atoms in total. The molecule has 0 radical (unpaired) electrons. The molecule has 3 N–H and O–H groups in total. The lowest BCUT2D eigenvalue weighted by Crippen LogP contribution is -2.36. The summed E-state index contributed by atoms with van der Waals surface area (Å²) in [5, 5.41) is 25.6. The second-order valence-corrected chi connectivity index (χ2v) is 6.98. The largest absolute Gasteiger partial charge is 0.385 e. The fourth-order valence-electron chi connectivity index (χ4n) is 2.74. The summed E-state index contributed by atoms with van der Waals surface area (Å²) in [7, 11) is 0.